The second kappa shape index (κ2) is 11.2. The molecule has 160 valence electrons. The molecule has 0 spiro atoms. The molecule has 1 aromatic carbocycles. The zero-order valence-corrected chi connectivity index (χ0v) is 19.5. The molecule has 1 unspecified atom stereocenters. The summed E-state index contributed by atoms with van der Waals surface area (Å²) < 4.78 is 5.69. The molecule has 1 saturated heterocycles. The number of H-pyrrole nitrogens is 1. The molecule has 2 aromatic heterocycles. The van der Waals surface area contributed by atoms with Crippen molar-refractivity contribution in [3.63, 3.8) is 0 Å². The van der Waals surface area contributed by atoms with Crippen LogP contribution in [0, 0.1) is 0 Å². The lowest BCUT2D eigenvalue weighted by Gasteiger charge is -2.26. The molecule has 1 aliphatic rings. The van der Waals surface area contributed by atoms with Crippen molar-refractivity contribution in [3.8, 4) is 11.3 Å². The number of aliphatic imine (C=N–C) groups is 1. The first-order valence-corrected chi connectivity index (χ1v) is 10.1. The van der Waals surface area contributed by atoms with Crippen LogP contribution in [0.2, 0.25) is 0 Å². The van der Waals surface area contributed by atoms with Crippen LogP contribution in [0.15, 0.2) is 64.3 Å². The Bertz CT molecular complexity index is 903. The van der Waals surface area contributed by atoms with Gasteiger partial charge in [-0.05, 0) is 43.6 Å². The van der Waals surface area contributed by atoms with Crippen molar-refractivity contribution in [1.82, 2.24) is 25.5 Å². The van der Waals surface area contributed by atoms with Crippen LogP contribution in [0.3, 0.4) is 0 Å². The fourth-order valence-electron chi connectivity index (χ4n) is 3.74. The summed E-state index contributed by atoms with van der Waals surface area (Å²) in [6, 6.07) is 14.4. The van der Waals surface area contributed by atoms with E-state index in [1.165, 1.54) is 12.8 Å². The van der Waals surface area contributed by atoms with Crippen LogP contribution < -0.4 is 10.6 Å². The topological polar surface area (TPSA) is 81.5 Å². The molecule has 8 heteroatoms. The molecule has 1 aliphatic heterocycles. The van der Waals surface area contributed by atoms with Gasteiger partial charge in [-0.3, -0.25) is 9.89 Å². The Morgan fingerprint density at radius 3 is 2.67 bits per heavy atom. The highest BCUT2D eigenvalue weighted by molar-refractivity contribution is 14.0. The number of guanidine groups is 1. The first-order chi connectivity index (χ1) is 14.3. The largest absolute Gasteiger partial charge is 0.468 e. The molecule has 7 nitrogen and oxygen atoms in total. The lowest BCUT2D eigenvalue weighted by Crippen LogP contribution is -2.42. The quantitative estimate of drug-likeness (QED) is 0.251. The van der Waals surface area contributed by atoms with Gasteiger partial charge in [-0.2, -0.15) is 0 Å². The Morgan fingerprint density at radius 1 is 1.17 bits per heavy atom. The highest BCUT2D eigenvalue weighted by atomic mass is 127. The second-order valence-electron chi connectivity index (χ2n) is 7.19. The number of likely N-dealkylation sites (tertiary alicyclic amines) is 1. The van der Waals surface area contributed by atoms with E-state index in [0.29, 0.717) is 6.54 Å². The molecule has 4 rings (SSSR count). The van der Waals surface area contributed by atoms with Crippen molar-refractivity contribution >= 4 is 29.9 Å². The van der Waals surface area contributed by atoms with E-state index < -0.39 is 0 Å². The molecule has 3 heterocycles. The standard InChI is InChI=1S/C22H28N6O.HI/c1-23-22(25-15-19(20-10-7-13-29-20)28-11-5-6-12-28)26-16-21-24-14-18(27-21)17-8-3-2-4-9-17;/h2-4,7-10,13-14,19H,5-6,11-12,15-16H2,1H3,(H,24,27)(H2,23,25,26);1H. The predicted octanol–water partition coefficient (Wildman–Crippen LogP) is 3.79. The number of furan rings is 1. The van der Waals surface area contributed by atoms with Crippen molar-refractivity contribution in [2.75, 3.05) is 26.7 Å². The summed E-state index contributed by atoms with van der Waals surface area (Å²) in [4.78, 5) is 14.7. The van der Waals surface area contributed by atoms with E-state index in [-0.39, 0.29) is 30.0 Å². The molecule has 0 saturated carbocycles. The number of aromatic nitrogens is 2. The number of benzene rings is 1. The van der Waals surface area contributed by atoms with Gasteiger partial charge in [0.15, 0.2) is 5.96 Å². The van der Waals surface area contributed by atoms with Gasteiger partial charge in [-0.25, -0.2) is 4.98 Å². The summed E-state index contributed by atoms with van der Waals surface area (Å²) in [7, 11) is 1.78. The van der Waals surface area contributed by atoms with Crippen LogP contribution in [0.5, 0.6) is 0 Å². The van der Waals surface area contributed by atoms with Crippen molar-refractivity contribution in [2.45, 2.75) is 25.4 Å². The van der Waals surface area contributed by atoms with E-state index in [4.69, 9.17) is 4.42 Å². The van der Waals surface area contributed by atoms with Crippen molar-refractivity contribution < 1.29 is 4.42 Å². The number of imidazole rings is 1. The fraction of sp³-hybridized carbons (Fsp3) is 0.364. The summed E-state index contributed by atoms with van der Waals surface area (Å²) in [6.45, 7) is 3.52. The van der Waals surface area contributed by atoms with Crippen LogP contribution in [0.25, 0.3) is 11.3 Å². The monoisotopic (exact) mass is 520 g/mol. The Morgan fingerprint density at radius 2 is 1.97 bits per heavy atom. The third kappa shape index (κ3) is 5.63. The van der Waals surface area contributed by atoms with Gasteiger partial charge in [0, 0.05) is 13.6 Å². The van der Waals surface area contributed by atoms with E-state index in [1.807, 2.05) is 30.5 Å². The number of hydrogen-bond acceptors (Lipinski definition) is 4. The summed E-state index contributed by atoms with van der Waals surface area (Å²) in [6.07, 6.45) is 6.09. The summed E-state index contributed by atoms with van der Waals surface area (Å²) in [5, 5.41) is 6.78. The summed E-state index contributed by atoms with van der Waals surface area (Å²) >= 11 is 0. The van der Waals surface area contributed by atoms with Crippen molar-refractivity contribution in [1.29, 1.82) is 0 Å². The number of aromatic amines is 1. The minimum absolute atomic E-state index is 0. The SMILES string of the molecule is CN=C(NCc1ncc(-c2ccccc2)[nH]1)NCC(c1ccco1)N1CCCC1.I. The highest BCUT2D eigenvalue weighted by Gasteiger charge is 2.25. The first kappa shape index (κ1) is 22.4. The van der Waals surface area contributed by atoms with E-state index in [0.717, 1.165) is 48.4 Å². The first-order valence-electron chi connectivity index (χ1n) is 10.1. The maximum absolute atomic E-state index is 5.69. The third-order valence-corrected chi connectivity index (χ3v) is 5.28. The van der Waals surface area contributed by atoms with Gasteiger partial charge in [-0.15, -0.1) is 24.0 Å². The summed E-state index contributed by atoms with van der Waals surface area (Å²) in [5.41, 5.74) is 2.14. The van der Waals surface area contributed by atoms with E-state index in [9.17, 15) is 0 Å². The fourth-order valence-corrected chi connectivity index (χ4v) is 3.74. The Balaban J connectivity index is 0.00000256. The smallest absolute Gasteiger partial charge is 0.191 e. The lowest BCUT2D eigenvalue weighted by molar-refractivity contribution is 0.215. The molecule has 30 heavy (non-hydrogen) atoms. The van der Waals surface area contributed by atoms with Crippen LogP contribution in [-0.2, 0) is 6.54 Å². The maximum atomic E-state index is 5.69. The van der Waals surface area contributed by atoms with Gasteiger partial charge in [0.05, 0.1) is 30.7 Å². The number of halogens is 1. The highest BCUT2D eigenvalue weighted by Crippen LogP contribution is 2.24. The summed E-state index contributed by atoms with van der Waals surface area (Å²) in [5.74, 6) is 2.61. The Labute approximate surface area is 194 Å². The van der Waals surface area contributed by atoms with Crippen LogP contribution in [-0.4, -0.2) is 47.5 Å². The Hall–Kier alpha value is -2.33. The average molecular weight is 520 g/mol. The Kier molecular flexibility index (Phi) is 8.32. The molecule has 1 atom stereocenters. The molecule has 3 N–H and O–H groups in total. The molecule has 0 amide bonds. The third-order valence-electron chi connectivity index (χ3n) is 5.28. The number of hydrogen-bond donors (Lipinski definition) is 3. The van der Waals surface area contributed by atoms with Gasteiger partial charge in [0.2, 0.25) is 0 Å². The van der Waals surface area contributed by atoms with Crippen LogP contribution in [0.1, 0.15) is 30.5 Å². The zero-order valence-electron chi connectivity index (χ0n) is 17.2. The maximum Gasteiger partial charge on any atom is 0.191 e. The zero-order chi connectivity index (χ0) is 19.9. The molecular weight excluding hydrogens is 491 g/mol. The molecule has 0 aliphatic carbocycles. The predicted molar refractivity (Wildman–Crippen MR) is 130 cm³/mol. The molecule has 1 fully saturated rings. The molecular formula is C22H29IN6O. The number of rotatable bonds is 7. The van der Waals surface area contributed by atoms with Gasteiger partial charge < -0.3 is 20.0 Å². The van der Waals surface area contributed by atoms with E-state index >= 15 is 0 Å². The van der Waals surface area contributed by atoms with Gasteiger partial charge >= 0.3 is 0 Å². The van der Waals surface area contributed by atoms with E-state index in [2.05, 4.69) is 48.7 Å². The van der Waals surface area contributed by atoms with Crippen LogP contribution in [0.4, 0.5) is 0 Å². The lowest BCUT2D eigenvalue weighted by atomic mass is 10.2. The van der Waals surface area contributed by atoms with Crippen LogP contribution >= 0.6 is 24.0 Å². The normalized spacial score (nSPS) is 15.6. The van der Waals surface area contributed by atoms with Gasteiger partial charge in [0.1, 0.15) is 11.6 Å². The average Bonchev–Trinajstić information content (AvgIpc) is 3.54. The molecule has 0 bridgehead atoms. The van der Waals surface area contributed by atoms with Crippen molar-refractivity contribution in [2.24, 2.45) is 4.99 Å². The number of nitrogens with one attached hydrogen (secondary N) is 3. The molecule has 0 radical (unpaired) electrons. The minimum atomic E-state index is 0. The van der Waals surface area contributed by atoms with Gasteiger partial charge in [0.25, 0.3) is 0 Å². The second-order valence-corrected chi connectivity index (χ2v) is 7.19. The van der Waals surface area contributed by atoms with Gasteiger partial charge in [-0.1, -0.05) is 30.3 Å². The number of nitrogens with zero attached hydrogens (tertiary/aromatic N) is 3. The van der Waals surface area contributed by atoms with E-state index in [1.54, 1.807) is 13.3 Å². The van der Waals surface area contributed by atoms with Crippen molar-refractivity contribution in [3.05, 3.63) is 66.5 Å². The molecule has 3 aromatic rings. The minimum Gasteiger partial charge on any atom is -0.468 e.